The largest absolute Gasteiger partial charge is 0.449 e. The number of hydrogen-bond acceptors (Lipinski definition) is 7. The van der Waals surface area contributed by atoms with Gasteiger partial charge in [0.05, 0.1) is 27.8 Å². The van der Waals surface area contributed by atoms with Crippen LogP contribution in [0.25, 0.3) is 22.3 Å². The maximum Gasteiger partial charge on any atom is 0.339 e. The summed E-state index contributed by atoms with van der Waals surface area (Å²) in [5, 5.41) is 18.3. The predicted molar refractivity (Wildman–Crippen MR) is 130 cm³/mol. The van der Waals surface area contributed by atoms with Gasteiger partial charge in [0.1, 0.15) is 0 Å². The van der Waals surface area contributed by atoms with Crippen molar-refractivity contribution in [2.45, 2.75) is 32.9 Å². The number of non-ortho nitro benzene ring substituents is 1. The van der Waals surface area contributed by atoms with Gasteiger partial charge in [-0.25, -0.2) is 14.5 Å². The molecule has 178 valence electrons. The number of carbonyl (C=O) groups excluding carboxylic acids is 2. The van der Waals surface area contributed by atoms with E-state index in [0.717, 1.165) is 5.56 Å². The van der Waals surface area contributed by atoms with E-state index in [-0.39, 0.29) is 17.3 Å². The monoisotopic (exact) mass is 473 g/mol. The van der Waals surface area contributed by atoms with Gasteiger partial charge in [0.25, 0.3) is 11.6 Å². The quantitative estimate of drug-likeness (QED) is 0.232. The SMILES string of the molecule is CC(OC(=O)c1cc(-c2ccccc2)nc2c1cnn2C(C)C)C(=O)Nc1ccc([N+](=O)[O-])cc1. The van der Waals surface area contributed by atoms with Gasteiger partial charge in [-0.2, -0.15) is 5.10 Å². The molecule has 0 aliphatic rings. The Kier molecular flexibility index (Phi) is 6.54. The number of nitro groups is 1. The first kappa shape index (κ1) is 23.6. The van der Waals surface area contributed by atoms with Gasteiger partial charge in [0.2, 0.25) is 0 Å². The smallest absolute Gasteiger partial charge is 0.339 e. The number of amides is 1. The molecule has 0 aliphatic carbocycles. The number of nitrogens with one attached hydrogen (secondary N) is 1. The van der Waals surface area contributed by atoms with Crippen LogP contribution in [0, 0.1) is 10.1 Å². The van der Waals surface area contributed by atoms with Crippen molar-refractivity contribution in [3.05, 3.63) is 82.5 Å². The predicted octanol–water partition coefficient (Wildman–Crippen LogP) is 4.77. The maximum atomic E-state index is 13.2. The van der Waals surface area contributed by atoms with E-state index in [2.05, 4.69) is 10.4 Å². The van der Waals surface area contributed by atoms with Crippen molar-refractivity contribution in [1.82, 2.24) is 14.8 Å². The molecule has 1 amide bonds. The van der Waals surface area contributed by atoms with Crippen molar-refractivity contribution in [1.29, 1.82) is 0 Å². The van der Waals surface area contributed by atoms with Gasteiger partial charge in [-0.3, -0.25) is 14.9 Å². The summed E-state index contributed by atoms with van der Waals surface area (Å²) in [6.45, 7) is 5.38. The summed E-state index contributed by atoms with van der Waals surface area (Å²) < 4.78 is 7.20. The molecule has 1 unspecified atom stereocenters. The Balaban J connectivity index is 1.60. The van der Waals surface area contributed by atoms with E-state index in [0.29, 0.717) is 22.4 Å². The molecule has 2 aromatic carbocycles. The number of rotatable bonds is 7. The van der Waals surface area contributed by atoms with Crippen LogP contribution < -0.4 is 5.32 Å². The number of nitrogens with zero attached hydrogens (tertiary/aromatic N) is 4. The number of anilines is 1. The van der Waals surface area contributed by atoms with Crippen molar-refractivity contribution in [2.75, 3.05) is 5.32 Å². The molecule has 0 saturated carbocycles. The lowest BCUT2D eigenvalue weighted by molar-refractivity contribution is -0.384. The zero-order valence-electron chi connectivity index (χ0n) is 19.3. The average molecular weight is 473 g/mol. The van der Waals surface area contributed by atoms with Crippen LogP contribution in [0.3, 0.4) is 0 Å². The summed E-state index contributed by atoms with van der Waals surface area (Å²) in [6.07, 6.45) is 0.441. The van der Waals surface area contributed by atoms with E-state index in [1.54, 1.807) is 16.9 Å². The van der Waals surface area contributed by atoms with Crippen LogP contribution in [0.15, 0.2) is 66.9 Å². The molecule has 1 atom stereocenters. The van der Waals surface area contributed by atoms with Crippen LogP contribution in [-0.4, -0.2) is 37.7 Å². The molecule has 0 spiro atoms. The van der Waals surface area contributed by atoms with E-state index < -0.39 is 22.9 Å². The molecule has 4 rings (SSSR count). The normalized spacial score (nSPS) is 11.9. The van der Waals surface area contributed by atoms with Gasteiger partial charge in [-0.15, -0.1) is 0 Å². The Hall–Kier alpha value is -4.60. The minimum Gasteiger partial charge on any atom is -0.449 e. The molecule has 2 aromatic heterocycles. The lowest BCUT2D eigenvalue weighted by atomic mass is 10.1. The summed E-state index contributed by atoms with van der Waals surface area (Å²) in [5.41, 5.74) is 2.44. The lowest BCUT2D eigenvalue weighted by Gasteiger charge is -2.15. The van der Waals surface area contributed by atoms with Gasteiger partial charge in [0, 0.05) is 29.4 Å². The molecule has 10 nitrogen and oxygen atoms in total. The van der Waals surface area contributed by atoms with E-state index in [1.165, 1.54) is 31.2 Å². The first-order chi connectivity index (χ1) is 16.7. The van der Waals surface area contributed by atoms with Crippen LogP contribution >= 0.6 is 0 Å². The highest BCUT2D eigenvalue weighted by Crippen LogP contribution is 2.27. The summed E-state index contributed by atoms with van der Waals surface area (Å²) in [4.78, 5) is 40.7. The number of aromatic nitrogens is 3. The Labute approximate surface area is 200 Å². The number of esters is 1. The second kappa shape index (κ2) is 9.72. The summed E-state index contributed by atoms with van der Waals surface area (Å²) >= 11 is 0. The van der Waals surface area contributed by atoms with E-state index in [1.807, 2.05) is 44.2 Å². The van der Waals surface area contributed by atoms with Crippen molar-refractivity contribution in [3.8, 4) is 11.3 Å². The lowest BCUT2D eigenvalue weighted by Crippen LogP contribution is -2.30. The van der Waals surface area contributed by atoms with Gasteiger partial charge >= 0.3 is 5.97 Å². The first-order valence-corrected chi connectivity index (χ1v) is 10.9. The fraction of sp³-hybridized carbons (Fsp3) is 0.200. The third kappa shape index (κ3) is 5.01. The fourth-order valence-corrected chi connectivity index (χ4v) is 3.51. The number of ether oxygens (including phenoxy) is 1. The summed E-state index contributed by atoms with van der Waals surface area (Å²) in [5.74, 6) is -1.26. The number of nitro benzene ring substituents is 1. The van der Waals surface area contributed by atoms with Crippen LogP contribution in [0.4, 0.5) is 11.4 Å². The van der Waals surface area contributed by atoms with Crippen molar-refractivity contribution < 1.29 is 19.2 Å². The average Bonchev–Trinajstić information content (AvgIpc) is 3.28. The van der Waals surface area contributed by atoms with Crippen LogP contribution in [0.2, 0.25) is 0 Å². The van der Waals surface area contributed by atoms with Crippen molar-refractivity contribution >= 4 is 34.3 Å². The minimum atomic E-state index is -1.12. The summed E-state index contributed by atoms with van der Waals surface area (Å²) in [6, 6.07) is 16.4. The van der Waals surface area contributed by atoms with Gasteiger partial charge in [0.15, 0.2) is 11.8 Å². The highest BCUT2D eigenvalue weighted by molar-refractivity contribution is 6.05. The zero-order valence-corrected chi connectivity index (χ0v) is 19.3. The van der Waals surface area contributed by atoms with Gasteiger partial charge < -0.3 is 10.1 Å². The van der Waals surface area contributed by atoms with E-state index in [9.17, 15) is 19.7 Å². The van der Waals surface area contributed by atoms with Gasteiger partial charge in [-0.05, 0) is 39.0 Å². The number of carbonyl (C=O) groups is 2. The highest BCUT2D eigenvalue weighted by Gasteiger charge is 2.24. The molecular weight excluding hydrogens is 450 g/mol. The number of benzene rings is 2. The van der Waals surface area contributed by atoms with E-state index in [4.69, 9.17) is 9.72 Å². The fourth-order valence-electron chi connectivity index (χ4n) is 3.51. The molecule has 0 saturated heterocycles. The van der Waals surface area contributed by atoms with Crippen LogP contribution in [0.1, 0.15) is 37.2 Å². The Morgan fingerprint density at radius 1 is 1.06 bits per heavy atom. The number of hydrogen-bond donors (Lipinski definition) is 1. The molecular formula is C25H23N5O5. The van der Waals surface area contributed by atoms with Crippen LogP contribution in [0.5, 0.6) is 0 Å². The maximum absolute atomic E-state index is 13.2. The summed E-state index contributed by atoms with van der Waals surface area (Å²) in [7, 11) is 0. The first-order valence-electron chi connectivity index (χ1n) is 10.9. The highest BCUT2D eigenvalue weighted by atomic mass is 16.6. The molecule has 4 aromatic rings. The number of pyridine rings is 1. The van der Waals surface area contributed by atoms with Crippen molar-refractivity contribution in [3.63, 3.8) is 0 Å². The second-order valence-corrected chi connectivity index (χ2v) is 8.18. The molecule has 10 heteroatoms. The Morgan fingerprint density at radius 3 is 2.37 bits per heavy atom. The van der Waals surface area contributed by atoms with Crippen LogP contribution in [-0.2, 0) is 9.53 Å². The van der Waals surface area contributed by atoms with Crippen molar-refractivity contribution in [2.24, 2.45) is 0 Å². The molecule has 0 aliphatic heterocycles. The minimum absolute atomic E-state index is 0.0151. The standard InChI is InChI=1S/C25H23N5O5/c1-15(2)29-23-21(14-26-29)20(13-22(28-23)17-7-5-4-6-8-17)25(32)35-16(3)24(31)27-18-9-11-19(12-10-18)30(33)34/h4-16H,1-3H3,(H,27,31). The molecule has 2 heterocycles. The Morgan fingerprint density at radius 2 is 1.74 bits per heavy atom. The third-order valence-corrected chi connectivity index (χ3v) is 5.34. The molecule has 1 N–H and O–H groups in total. The molecule has 0 fully saturated rings. The van der Waals surface area contributed by atoms with E-state index >= 15 is 0 Å². The topological polar surface area (TPSA) is 129 Å². The third-order valence-electron chi connectivity index (χ3n) is 5.34. The molecule has 0 bridgehead atoms. The number of fused-ring (bicyclic) bond motifs is 1. The molecule has 35 heavy (non-hydrogen) atoms. The molecule has 0 radical (unpaired) electrons. The Bertz CT molecular complexity index is 1400. The van der Waals surface area contributed by atoms with Gasteiger partial charge in [-0.1, -0.05) is 30.3 Å². The second-order valence-electron chi connectivity index (χ2n) is 8.18. The zero-order chi connectivity index (χ0) is 25.1.